The number of nitrogens with zero attached hydrogens (tertiary/aromatic N) is 1. The van der Waals surface area contributed by atoms with E-state index in [4.69, 9.17) is 10.5 Å². The molecule has 124 valence electrons. The van der Waals surface area contributed by atoms with Crippen molar-refractivity contribution in [3.05, 3.63) is 42.0 Å². The zero-order valence-electron chi connectivity index (χ0n) is 14.3. The van der Waals surface area contributed by atoms with Crippen LogP contribution in [-0.2, 0) is 0 Å². The fraction of sp³-hybridized carbons (Fsp3) is 0.500. The summed E-state index contributed by atoms with van der Waals surface area (Å²) in [5.41, 5.74) is 7.53. The van der Waals surface area contributed by atoms with Crippen molar-refractivity contribution in [2.75, 3.05) is 20.2 Å². The number of nitrogens with two attached hydrogens (primary N) is 1. The van der Waals surface area contributed by atoms with Gasteiger partial charge in [0.25, 0.3) is 0 Å². The molecule has 0 aromatic heterocycles. The first-order chi connectivity index (χ1) is 11.3. The molecule has 0 amide bonds. The van der Waals surface area contributed by atoms with Crippen molar-refractivity contribution in [2.45, 2.75) is 44.7 Å². The topological polar surface area (TPSA) is 38.5 Å². The average molecular weight is 312 g/mol. The lowest BCUT2D eigenvalue weighted by molar-refractivity contribution is 0.0942. The average Bonchev–Trinajstić information content (AvgIpc) is 2.62. The molecule has 1 heterocycles. The second-order valence-corrected chi connectivity index (χ2v) is 6.45. The summed E-state index contributed by atoms with van der Waals surface area (Å²) in [5.74, 6) is 0.958. The van der Waals surface area contributed by atoms with Crippen LogP contribution in [0.2, 0.25) is 0 Å². The number of fused-ring (bicyclic) bond motifs is 1. The van der Waals surface area contributed by atoms with E-state index < -0.39 is 0 Å². The van der Waals surface area contributed by atoms with Crippen LogP contribution in [0.3, 0.4) is 0 Å². The van der Waals surface area contributed by atoms with Crippen molar-refractivity contribution in [2.24, 2.45) is 5.73 Å². The summed E-state index contributed by atoms with van der Waals surface area (Å²) in [5, 5.41) is 2.52. The molecule has 3 rings (SSSR count). The number of rotatable bonds is 5. The van der Waals surface area contributed by atoms with Gasteiger partial charge in [0.2, 0.25) is 0 Å². The van der Waals surface area contributed by atoms with Gasteiger partial charge in [-0.1, -0.05) is 43.7 Å². The molecule has 3 heteroatoms. The molecule has 1 aliphatic rings. The van der Waals surface area contributed by atoms with E-state index in [1.54, 1.807) is 7.11 Å². The van der Waals surface area contributed by atoms with Crippen LogP contribution in [0.15, 0.2) is 36.4 Å². The highest BCUT2D eigenvalue weighted by Gasteiger charge is 2.30. The van der Waals surface area contributed by atoms with E-state index in [0.717, 1.165) is 12.3 Å². The summed E-state index contributed by atoms with van der Waals surface area (Å²) in [4.78, 5) is 2.62. The molecule has 2 N–H and O–H groups in total. The second-order valence-electron chi connectivity index (χ2n) is 6.45. The van der Waals surface area contributed by atoms with Gasteiger partial charge in [0.05, 0.1) is 13.2 Å². The maximum atomic E-state index is 6.27. The predicted octanol–water partition coefficient (Wildman–Crippen LogP) is 4.11. The molecule has 0 bridgehead atoms. The quantitative estimate of drug-likeness (QED) is 0.903. The predicted molar refractivity (Wildman–Crippen MR) is 96.9 cm³/mol. The van der Waals surface area contributed by atoms with E-state index in [0.29, 0.717) is 12.6 Å². The lowest BCUT2D eigenvalue weighted by Gasteiger charge is -2.41. The summed E-state index contributed by atoms with van der Waals surface area (Å²) in [7, 11) is 1.76. The van der Waals surface area contributed by atoms with Crippen molar-refractivity contribution in [3.63, 3.8) is 0 Å². The van der Waals surface area contributed by atoms with E-state index in [1.165, 1.54) is 42.0 Å². The Kier molecular flexibility index (Phi) is 5.19. The number of ether oxygens (including phenoxy) is 1. The number of hydrogen-bond acceptors (Lipinski definition) is 3. The van der Waals surface area contributed by atoms with Gasteiger partial charge < -0.3 is 10.5 Å². The van der Waals surface area contributed by atoms with Crippen molar-refractivity contribution in [1.29, 1.82) is 0 Å². The third-order valence-corrected chi connectivity index (χ3v) is 5.25. The Morgan fingerprint density at radius 2 is 2.04 bits per heavy atom. The molecule has 1 saturated heterocycles. The molecule has 0 spiro atoms. The number of piperidine rings is 1. The Labute approximate surface area is 139 Å². The molecule has 0 saturated carbocycles. The van der Waals surface area contributed by atoms with Gasteiger partial charge in [-0.3, -0.25) is 4.90 Å². The maximum absolute atomic E-state index is 6.27. The second kappa shape index (κ2) is 7.33. The normalized spacial score (nSPS) is 20.6. The molecular formula is C20H28N2O. The summed E-state index contributed by atoms with van der Waals surface area (Å²) < 4.78 is 5.71. The summed E-state index contributed by atoms with van der Waals surface area (Å²) in [6, 6.07) is 13.6. The van der Waals surface area contributed by atoms with Crippen LogP contribution in [0.5, 0.6) is 5.75 Å². The molecule has 0 aliphatic carbocycles. The molecule has 23 heavy (non-hydrogen) atoms. The third kappa shape index (κ3) is 3.08. The first-order valence-electron chi connectivity index (χ1n) is 8.81. The number of methoxy groups -OCH3 is 1. The molecular weight excluding hydrogens is 284 g/mol. The fourth-order valence-corrected chi connectivity index (χ4v) is 4.09. The lowest BCUT2D eigenvalue weighted by atomic mass is 9.91. The summed E-state index contributed by atoms with van der Waals surface area (Å²) in [6.45, 7) is 4.05. The van der Waals surface area contributed by atoms with E-state index in [9.17, 15) is 0 Å². The van der Waals surface area contributed by atoms with Gasteiger partial charge >= 0.3 is 0 Å². The smallest absolute Gasteiger partial charge is 0.124 e. The van der Waals surface area contributed by atoms with Gasteiger partial charge in [-0.15, -0.1) is 0 Å². The summed E-state index contributed by atoms with van der Waals surface area (Å²) >= 11 is 0. The Balaban J connectivity index is 2.11. The summed E-state index contributed by atoms with van der Waals surface area (Å²) in [6.07, 6.45) is 5.06. The lowest BCUT2D eigenvalue weighted by Crippen LogP contribution is -2.44. The van der Waals surface area contributed by atoms with Crippen molar-refractivity contribution >= 4 is 10.8 Å². The maximum Gasteiger partial charge on any atom is 0.124 e. The Hall–Kier alpha value is -1.58. The van der Waals surface area contributed by atoms with Crippen LogP contribution < -0.4 is 10.5 Å². The highest BCUT2D eigenvalue weighted by molar-refractivity contribution is 5.88. The standard InChI is InChI=1S/C20H28N2O/c1-3-16-9-6-7-13-22(16)18(14-21)20-17-10-5-4-8-15(17)11-12-19(20)23-2/h4-5,8,10-12,16,18H,3,6-7,9,13-14,21H2,1-2H3. The molecule has 2 aromatic carbocycles. The molecule has 3 nitrogen and oxygen atoms in total. The molecule has 2 aromatic rings. The SMILES string of the molecule is CCC1CCCCN1C(CN)c1c(OC)ccc2ccccc12. The minimum absolute atomic E-state index is 0.223. The van der Waals surface area contributed by atoms with E-state index in [-0.39, 0.29) is 6.04 Å². The Morgan fingerprint density at radius 1 is 1.22 bits per heavy atom. The zero-order valence-corrected chi connectivity index (χ0v) is 14.3. The minimum atomic E-state index is 0.223. The van der Waals surface area contributed by atoms with E-state index in [2.05, 4.69) is 48.2 Å². The van der Waals surface area contributed by atoms with Gasteiger partial charge in [0.15, 0.2) is 0 Å². The van der Waals surface area contributed by atoms with E-state index >= 15 is 0 Å². The largest absolute Gasteiger partial charge is 0.496 e. The van der Waals surface area contributed by atoms with Gasteiger partial charge in [-0.05, 0) is 42.6 Å². The van der Waals surface area contributed by atoms with Crippen LogP contribution >= 0.6 is 0 Å². The minimum Gasteiger partial charge on any atom is -0.496 e. The first kappa shape index (κ1) is 16.3. The van der Waals surface area contributed by atoms with Gasteiger partial charge in [-0.25, -0.2) is 0 Å². The highest BCUT2D eigenvalue weighted by atomic mass is 16.5. The number of likely N-dealkylation sites (tertiary alicyclic amines) is 1. The number of benzene rings is 2. The van der Waals surface area contributed by atoms with Crippen molar-refractivity contribution < 1.29 is 4.74 Å². The van der Waals surface area contributed by atoms with E-state index in [1.807, 2.05) is 0 Å². The highest BCUT2D eigenvalue weighted by Crippen LogP contribution is 2.38. The fourth-order valence-electron chi connectivity index (χ4n) is 4.09. The molecule has 0 radical (unpaired) electrons. The van der Waals surface area contributed by atoms with Crippen molar-refractivity contribution in [1.82, 2.24) is 4.90 Å². The Morgan fingerprint density at radius 3 is 2.78 bits per heavy atom. The van der Waals surface area contributed by atoms with Crippen LogP contribution in [0.4, 0.5) is 0 Å². The number of hydrogen-bond donors (Lipinski definition) is 1. The molecule has 2 atom stereocenters. The van der Waals surface area contributed by atoms with Gasteiger partial charge in [0.1, 0.15) is 5.75 Å². The van der Waals surface area contributed by atoms with Crippen molar-refractivity contribution in [3.8, 4) is 5.75 Å². The van der Waals surface area contributed by atoms with Gasteiger partial charge in [0, 0.05) is 18.2 Å². The third-order valence-electron chi connectivity index (χ3n) is 5.25. The van der Waals surface area contributed by atoms with Crippen LogP contribution in [-0.4, -0.2) is 31.1 Å². The molecule has 1 aliphatic heterocycles. The first-order valence-corrected chi connectivity index (χ1v) is 8.81. The zero-order chi connectivity index (χ0) is 16.2. The van der Waals surface area contributed by atoms with Crippen LogP contribution in [0.1, 0.15) is 44.2 Å². The van der Waals surface area contributed by atoms with Gasteiger partial charge in [-0.2, -0.15) is 0 Å². The Bertz CT molecular complexity index is 655. The van der Waals surface area contributed by atoms with Crippen LogP contribution in [0, 0.1) is 0 Å². The molecule has 2 unspecified atom stereocenters. The van der Waals surface area contributed by atoms with Crippen LogP contribution in [0.25, 0.3) is 10.8 Å². The monoisotopic (exact) mass is 312 g/mol. The molecule has 1 fully saturated rings.